The fourth-order valence-corrected chi connectivity index (χ4v) is 11.7. The van der Waals surface area contributed by atoms with Gasteiger partial charge in [0.1, 0.15) is 0 Å². The molecule has 0 spiro atoms. The molecule has 0 saturated carbocycles. The van der Waals surface area contributed by atoms with Crippen LogP contribution in [0.2, 0.25) is 0 Å². The summed E-state index contributed by atoms with van der Waals surface area (Å²) in [6.45, 7) is 4.75. The second-order valence-electron chi connectivity index (χ2n) is 16.9. The summed E-state index contributed by atoms with van der Waals surface area (Å²) in [5.41, 5.74) is 14.8. The Morgan fingerprint density at radius 1 is 0.417 bits per heavy atom. The van der Waals surface area contributed by atoms with Crippen molar-refractivity contribution >= 4 is 91.9 Å². The molecule has 2 heterocycles. The van der Waals surface area contributed by atoms with Crippen LogP contribution in [-0.4, -0.2) is 4.57 Å². The van der Waals surface area contributed by atoms with Gasteiger partial charge in [0, 0.05) is 58.8 Å². The third kappa shape index (κ3) is 4.64. The minimum atomic E-state index is -0.122. The van der Waals surface area contributed by atoms with E-state index >= 15 is 0 Å². The molecule has 0 bridgehead atoms. The van der Waals surface area contributed by atoms with Crippen molar-refractivity contribution in [3.8, 4) is 27.9 Å². The molecule has 0 saturated heterocycles. The fourth-order valence-electron chi connectivity index (χ4n) is 10.6. The summed E-state index contributed by atoms with van der Waals surface area (Å²) in [6.07, 6.45) is 0. The fraction of sp³-hybridized carbons (Fsp3) is 0.0526. The number of para-hydroxylation sites is 2. The number of aromatic nitrogens is 1. The van der Waals surface area contributed by atoms with Gasteiger partial charge in [0.2, 0.25) is 0 Å². The molecule has 282 valence electrons. The Balaban J connectivity index is 1.02. The van der Waals surface area contributed by atoms with Gasteiger partial charge in [-0.1, -0.05) is 135 Å². The largest absolute Gasteiger partial charge is 0.310 e. The molecule has 13 rings (SSSR count). The molecule has 2 nitrogen and oxygen atoms in total. The highest BCUT2D eigenvalue weighted by Crippen LogP contribution is 2.53. The third-order valence-electron chi connectivity index (χ3n) is 13.3. The van der Waals surface area contributed by atoms with Crippen LogP contribution in [0.3, 0.4) is 0 Å². The summed E-state index contributed by atoms with van der Waals surface area (Å²) in [5.74, 6) is 0. The monoisotopic (exact) mass is 782 g/mol. The summed E-state index contributed by atoms with van der Waals surface area (Å²) in [7, 11) is 0. The minimum absolute atomic E-state index is 0.122. The zero-order valence-electron chi connectivity index (χ0n) is 33.3. The second kappa shape index (κ2) is 12.4. The van der Waals surface area contributed by atoms with Gasteiger partial charge in [0.25, 0.3) is 0 Å². The first-order valence-corrected chi connectivity index (χ1v) is 21.7. The van der Waals surface area contributed by atoms with E-state index in [1.54, 1.807) is 0 Å². The zero-order chi connectivity index (χ0) is 39.7. The van der Waals surface area contributed by atoms with Crippen LogP contribution < -0.4 is 4.90 Å². The highest BCUT2D eigenvalue weighted by atomic mass is 32.1. The Morgan fingerprint density at radius 3 is 1.93 bits per heavy atom. The maximum atomic E-state index is 2.52. The maximum Gasteiger partial charge on any atom is 0.0547 e. The molecule has 10 aromatic carbocycles. The standard InChI is InChI=1S/C57H38N2S/c1-57(2)47-20-10-8-16-41(47)42-29-28-39(34-48(42)57)58(51-31-32-53-56-54(51)44-18-7-6-15-40(44)45-19-12-22-52(60-53)55(45)56)38-26-23-35(24-27-38)36-25-30-50-46(33-36)43-17-9-11-21-49(43)59(50)37-13-4-3-5-14-37/h3-34H,1-2H3. The molecule has 1 aliphatic carbocycles. The van der Waals surface area contributed by atoms with E-state index in [1.807, 2.05) is 11.3 Å². The molecule has 0 fully saturated rings. The van der Waals surface area contributed by atoms with Crippen molar-refractivity contribution in [2.75, 3.05) is 4.90 Å². The van der Waals surface area contributed by atoms with E-state index in [-0.39, 0.29) is 5.41 Å². The van der Waals surface area contributed by atoms with Crippen molar-refractivity contribution in [2.24, 2.45) is 0 Å². The summed E-state index contributed by atoms with van der Waals surface area (Å²) in [6, 6.07) is 72.3. The first-order valence-electron chi connectivity index (χ1n) is 20.8. The molecule has 60 heavy (non-hydrogen) atoms. The Kier molecular flexibility index (Phi) is 6.98. The number of rotatable bonds is 5. The van der Waals surface area contributed by atoms with E-state index < -0.39 is 0 Å². The summed E-state index contributed by atoms with van der Waals surface area (Å²) < 4.78 is 5.05. The van der Waals surface area contributed by atoms with Gasteiger partial charge in [0.15, 0.2) is 0 Å². The van der Waals surface area contributed by atoms with E-state index in [2.05, 4.69) is 217 Å². The molecule has 0 atom stereocenters. The van der Waals surface area contributed by atoms with Gasteiger partial charge in [-0.05, 0) is 122 Å². The van der Waals surface area contributed by atoms with Gasteiger partial charge in [0.05, 0.1) is 16.7 Å². The van der Waals surface area contributed by atoms with Crippen LogP contribution in [0.25, 0.3) is 91.5 Å². The first kappa shape index (κ1) is 33.7. The smallest absolute Gasteiger partial charge is 0.0547 e. The van der Waals surface area contributed by atoms with Crippen molar-refractivity contribution in [1.29, 1.82) is 0 Å². The average molecular weight is 783 g/mol. The number of hydrogen-bond donors (Lipinski definition) is 0. The Labute approximate surface area is 352 Å². The first-order chi connectivity index (χ1) is 29.5. The van der Waals surface area contributed by atoms with Crippen molar-refractivity contribution in [3.05, 3.63) is 205 Å². The quantitative estimate of drug-likeness (QED) is 0.158. The Hall–Kier alpha value is -7.20. The van der Waals surface area contributed by atoms with Crippen LogP contribution in [0.4, 0.5) is 17.1 Å². The lowest BCUT2D eigenvalue weighted by atomic mass is 9.82. The molecule has 0 amide bonds. The van der Waals surface area contributed by atoms with Gasteiger partial charge in [-0.25, -0.2) is 0 Å². The summed E-state index contributed by atoms with van der Waals surface area (Å²) >= 11 is 1.90. The minimum Gasteiger partial charge on any atom is -0.310 e. The summed E-state index contributed by atoms with van der Waals surface area (Å²) in [4.78, 5) is 2.52. The molecule has 0 N–H and O–H groups in total. The van der Waals surface area contributed by atoms with Gasteiger partial charge in [-0.2, -0.15) is 0 Å². The highest BCUT2D eigenvalue weighted by molar-refractivity contribution is 7.26. The number of fused-ring (bicyclic) bond motifs is 9. The van der Waals surface area contributed by atoms with Crippen LogP contribution in [0.15, 0.2) is 194 Å². The molecular formula is C57H38N2S. The number of benzene rings is 10. The maximum absolute atomic E-state index is 2.52. The van der Waals surface area contributed by atoms with E-state index in [0.717, 1.165) is 11.4 Å². The summed E-state index contributed by atoms with van der Waals surface area (Å²) in [5, 5.41) is 10.5. The van der Waals surface area contributed by atoms with Crippen LogP contribution in [-0.2, 0) is 5.41 Å². The van der Waals surface area contributed by atoms with Gasteiger partial charge in [-0.15, -0.1) is 11.3 Å². The molecule has 0 aliphatic heterocycles. The third-order valence-corrected chi connectivity index (χ3v) is 14.5. The normalized spacial score (nSPS) is 13.3. The molecule has 3 heteroatoms. The number of anilines is 3. The van der Waals surface area contributed by atoms with Crippen molar-refractivity contribution in [1.82, 2.24) is 4.57 Å². The lowest BCUT2D eigenvalue weighted by Gasteiger charge is -2.29. The molecular weight excluding hydrogens is 745 g/mol. The van der Waals surface area contributed by atoms with Crippen molar-refractivity contribution in [2.45, 2.75) is 19.3 Å². The predicted octanol–water partition coefficient (Wildman–Crippen LogP) is 16.3. The van der Waals surface area contributed by atoms with E-state index in [0.29, 0.717) is 0 Å². The molecule has 0 unspecified atom stereocenters. The van der Waals surface area contributed by atoms with Gasteiger partial charge >= 0.3 is 0 Å². The van der Waals surface area contributed by atoms with Gasteiger partial charge in [-0.3, -0.25) is 0 Å². The molecule has 12 aromatic rings. The van der Waals surface area contributed by atoms with Crippen LogP contribution in [0.5, 0.6) is 0 Å². The van der Waals surface area contributed by atoms with Crippen molar-refractivity contribution in [3.63, 3.8) is 0 Å². The lowest BCUT2D eigenvalue weighted by molar-refractivity contribution is 0.660. The molecule has 0 radical (unpaired) electrons. The average Bonchev–Trinajstić information content (AvgIpc) is 3.92. The predicted molar refractivity (Wildman–Crippen MR) is 258 cm³/mol. The van der Waals surface area contributed by atoms with E-state index in [9.17, 15) is 0 Å². The van der Waals surface area contributed by atoms with Crippen LogP contribution in [0.1, 0.15) is 25.0 Å². The highest BCUT2D eigenvalue weighted by Gasteiger charge is 2.36. The number of nitrogens with zero attached hydrogens (tertiary/aromatic N) is 2. The number of thiophene rings is 1. The zero-order valence-corrected chi connectivity index (χ0v) is 34.1. The Bertz CT molecular complexity index is 3680. The molecule has 1 aliphatic rings. The SMILES string of the molecule is CC1(C)c2ccccc2-c2ccc(N(c3ccc(-c4ccc5c(c4)c4ccccc4n5-c4ccccc4)cc3)c3ccc4sc5cccc6c7ccccc7c3c4c56)cc21. The van der Waals surface area contributed by atoms with Crippen molar-refractivity contribution < 1.29 is 0 Å². The second-order valence-corrected chi connectivity index (χ2v) is 17.9. The van der Waals surface area contributed by atoms with Gasteiger partial charge < -0.3 is 9.47 Å². The van der Waals surface area contributed by atoms with E-state index in [4.69, 9.17) is 0 Å². The number of hydrogen-bond acceptors (Lipinski definition) is 2. The van der Waals surface area contributed by atoms with Crippen LogP contribution >= 0.6 is 11.3 Å². The van der Waals surface area contributed by atoms with E-state index in [1.165, 1.54) is 108 Å². The topological polar surface area (TPSA) is 8.17 Å². The lowest BCUT2D eigenvalue weighted by Crippen LogP contribution is -2.16. The Morgan fingerprint density at radius 2 is 1.07 bits per heavy atom. The van der Waals surface area contributed by atoms with Crippen LogP contribution in [0, 0.1) is 0 Å². The molecule has 2 aromatic heterocycles.